The van der Waals surface area contributed by atoms with E-state index in [9.17, 15) is 4.79 Å². The molecule has 82 valence electrons. The van der Waals surface area contributed by atoms with E-state index in [0.717, 1.165) is 13.1 Å². The Hall–Kier alpha value is -1.88. The minimum Gasteiger partial charge on any atom is -0.368 e. The van der Waals surface area contributed by atoms with E-state index in [0.29, 0.717) is 23.6 Å². The summed E-state index contributed by atoms with van der Waals surface area (Å²) >= 11 is 0. The summed E-state index contributed by atoms with van der Waals surface area (Å²) in [5.74, 6) is 0.709. The van der Waals surface area contributed by atoms with Crippen LogP contribution in [0.4, 0.5) is 5.82 Å². The Balaban J connectivity index is 2.34. The Kier molecular flexibility index (Phi) is 2.11. The van der Waals surface area contributed by atoms with Gasteiger partial charge in [0.15, 0.2) is 0 Å². The molecule has 0 saturated carbocycles. The Morgan fingerprint density at radius 3 is 3.19 bits per heavy atom. The fourth-order valence-electron chi connectivity index (χ4n) is 1.91. The summed E-state index contributed by atoms with van der Waals surface area (Å²) in [7, 11) is 0. The Bertz CT molecular complexity index is 590. The molecular formula is C11H12N4O. The van der Waals surface area contributed by atoms with Crippen LogP contribution in [0.2, 0.25) is 0 Å². The lowest BCUT2D eigenvalue weighted by molar-refractivity contribution is 0.718. The molecule has 2 N–H and O–H groups in total. The summed E-state index contributed by atoms with van der Waals surface area (Å²) < 4.78 is 1.58. The normalized spacial score (nSPS) is 15.2. The second-order valence-corrected chi connectivity index (χ2v) is 3.78. The van der Waals surface area contributed by atoms with E-state index in [-0.39, 0.29) is 5.56 Å². The zero-order valence-corrected chi connectivity index (χ0v) is 8.73. The molecule has 0 amide bonds. The molecule has 3 heterocycles. The number of rotatable bonds is 0. The van der Waals surface area contributed by atoms with E-state index < -0.39 is 0 Å². The predicted octanol–water partition coefficient (Wildman–Crippen LogP) is 0.210. The standard InChI is InChI=1S/C11H12N4O/c16-11-8-7-12-4-5-13-10(8)14-9-3-1-2-6-15(9)11/h1-3,6,12-13H,4-5,7H2. The number of anilines is 1. The Labute approximate surface area is 92.1 Å². The quantitative estimate of drug-likeness (QED) is 0.661. The maximum atomic E-state index is 12.2. The van der Waals surface area contributed by atoms with Crippen LogP contribution >= 0.6 is 0 Å². The fraction of sp³-hybridized carbons (Fsp3) is 0.273. The van der Waals surface area contributed by atoms with Gasteiger partial charge in [0.1, 0.15) is 11.5 Å². The van der Waals surface area contributed by atoms with E-state index in [1.165, 1.54) is 0 Å². The molecule has 0 unspecified atom stereocenters. The molecule has 0 radical (unpaired) electrons. The van der Waals surface area contributed by atoms with Crippen LogP contribution in [0.3, 0.4) is 0 Å². The van der Waals surface area contributed by atoms with E-state index in [4.69, 9.17) is 0 Å². The first-order valence-electron chi connectivity index (χ1n) is 5.31. The second-order valence-electron chi connectivity index (χ2n) is 3.78. The molecule has 0 fully saturated rings. The van der Waals surface area contributed by atoms with Crippen molar-refractivity contribution in [2.45, 2.75) is 6.54 Å². The van der Waals surface area contributed by atoms with Gasteiger partial charge in [0, 0.05) is 25.8 Å². The second kappa shape index (κ2) is 3.61. The van der Waals surface area contributed by atoms with Crippen molar-refractivity contribution in [1.82, 2.24) is 14.7 Å². The molecule has 5 nitrogen and oxygen atoms in total. The van der Waals surface area contributed by atoms with Crippen molar-refractivity contribution in [3.63, 3.8) is 0 Å². The van der Waals surface area contributed by atoms with Gasteiger partial charge < -0.3 is 10.6 Å². The molecule has 1 aliphatic heterocycles. The average molecular weight is 216 g/mol. The number of aromatic nitrogens is 2. The fourth-order valence-corrected chi connectivity index (χ4v) is 1.91. The van der Waals surface area contributed by atoms with Gasteiger partial charge in [-0.25, -0.2) is 4.98 Å². The van der Waals surface area contributed by atoms with Gasteiger partial charge in [0.2, 0.25) is 0 Å². The third kappa shape index (κ3) is 1.37. The van der Waals surface area contributed by atoms with Crippen LogP contribution < -0.4 is 16.2 Å². The maximum absolute atomic E-state index is 12.2. The molecule has 0 atom stereocenters. The lowest BCUT2D eigenvalue weighted by Crippen LogP contribution is -2.24. The summed E-state index contributed by atoms with van der Waals surface area (Å²) in [5, 5.41) is 6.36. The smallest absolute Gasteiger partial charge is 0.264 e. The summed E-state index contributed by atoms with van der Waals surface area (Å²) in [5.41, 5.74) is 1.39. The van der Waals surface area contributed by atoms with Gasteiger partial charge in [-0.3, -0.25) is 9.20 Å². The molecule has 0 saturated heterocycles. The monoisotopic (exact) mass is 216 g/mol. The molecule has 2 aromatic heterocycles. The molecule has 0 aliphatic carbocycles. The maximum Gasteiger partial charge on any atom is 0.264 e. The lowest BCUT2D eigenvalue weighted by Gasteiger charge is -2.07. The van der Waals surface area contributed by atoms with Gasteiger partial charge in [0.25, 0.3) is 5.56 Å². The molecule has 3 rings (SSSR count). The summed E-state index contributed by atoms with van der Waals surface area (Å²) in [6, 6.07) is 5.55. The van der Waals surface area contributed by atoms with Crippen molar-refractivity contribution >= 4 is 11.5 Å². The van der Waals surface area contributed by atoms with Gasteiger partial charge in [0.05, 0.1) is 5.56 Å². The van der Waals surface area contributed by atoms with Gasteiger partial charge >= 0.3 is 0 Å². The largest absolute Gasteiger partial charge is 0.368 e. The highest BCUT2D eigenvalue weighted by molar-refractivity contribution is 5.52. The average Bonchev–Trinajstić information content (AvgIpc) is 2.55. The lowest BCUT2D eigenvalue weighted by atomic mass is 10.3. The van der Waals surface area contributed by atoms with Gasteiger partial charge in [-0.2, -0.15) is 0 Å². The van der Waals surface area contributed by atoms with Crippen molar-refractivity contribution in [3.8, 4) is 0 Å². The number of hydrogen-bond acceptors (Lipinski definition) is 4. The number of nitrogens with zero attached hydrogens (tertiary/aromatic N) is 2. The van der Waals surface area contributed by atoms with Crippen LogP contribution in [-0.4, -0.2) is 22.5 Å². The summed E-state index contributed by atoms with van der Waals surface area (Å²) in [6.07, 6.45) is 1.75. The SMILES string of the molecule is O=c1c2c(nc3ccccn13)NCCNC2. The van der Waals surface area contributed by atoms with Gasteiger partial charge in [-0.1, -0.05) is 6.07 Å². The molecule has 5 heteroatoms. The van der Waals surface area contributed by atoms with Crippen molar-refractivity contribution in [2.24, 2.45) is 0 Å². The first kappa shape index (κ1) is 9.35. The Morgan fingerprint density at radius 1 is 1.31 bits per heavy atom. The number of fused-ring (bicyclic) bond motifs is 2. The van der Waals surface area contributed by atoms with E-state index >= 15 is 0 Å². The molecule has 0 spiro atoms. The number of pyridine rings is 1. The van der Waals surface area contributed by atoms with E-state index in [1.807, 2.05) is 18.2 Å². The van der Waals surface area contributed by atoms with Crippen molar-refractivity contribution in [3.05, 3.63) is 40.3 Å². The van der Waals surface area contributed by atoms with Crippen LogP contribution in [0, 0.1) is 0 Å². The summed E-state index contributed by atoms with van der Waals surface area (Å²) in [4.78, 5) is 16.6. The van der Waals surface area contributed by atoms with Crippen molar-refractivity contribution < 1.29 is 0 Å². The minimum atomic E-state index is 0.00231. The number of nitrogens with one attached hydrogen (secondary N) is 2. The van der Waals surface area contributed by atoms with Crippen LogP contribution in [0.5, 0.6) is 0 Å². The molecular weight excluding hydrogens is 204 g/mol. The molecule has 16 heavy (non-hydrogen) atoms. The first-order chi connectivity index (χ1) is 7.86. The molecule has 0 aromatic carbocycles. The van der Waals surface area contributed by atoms with Gasteiger partial charge in [-0.15, -0.1) is 0 Å². The third-order valence-corrected chi connectivity index (χ3v) is 2.72. The number of hydrogen-bond donors (Lipinski definition) is 2. The molecule has 0 bridgehead atoms. The van der Waals surface area contributed by atoms with Crippen LogP contribution in [-0.2, 0) is 6.54 Å². The zero-order chi connectivity index (χ0) is 11.0. The van der Waals surface area contributed by atoms with E-state index in [2.05, 4.69) is 15.6 Å². The van der Waals surface area contributed by atoms with Crippen molar-refractivity contribution in [2.75, 3.05) is 18.4 Å². The molecule has 2 aromatic rings. The minimum absolute atomic E-state index is 0.00231. The topological polar surface area (TPSA) is 58.4 Å². The van der Waals surface area contributed by atoms with Gasteiger partial charge in [-0.05, 0) is 12.1 Å². The first-order valence-corrected chi connectivity index (χ1v) is 5.31. The van der Waals surface area contributed by atoms with Crippen LogP contribution in [0.1, 0.15) is 5.56 Å². The summed E-state index contributed by atoms with van der Waals surface area (Å²) in [6.45, 7) is 2.21. The predicted molar refractivity (Wildman–Crippen MR) is 61.7 cm³/mol. The Morgan fingerprint density at radius 2 is 2.25 bits per heavy atom. The highest BCUT2D eigenvalue weighted by Gasteiger charge is 2.13. The van der Waals surface area contributed by atoms with E-state index in [1.54, 1.807) is 10.6 Å². The highest BCUT2D eigenvalue weighted by Crippen LogP contribution is 2.11. The highest BCUT2D eigenvalue weighted by atomic mass is 16.1. The molecule has 1 aliphatic rings. The van der Waals surface area contributed by atoms with Crippen LogP contribution in [0.25, 0.3) is 5.65 Å². The zero-order valence-electron chi connectivity index (χ0n) is 8.73. The van der Waals surface area contributed by atoms with Crippen molar-refractivity contribution in [1.29, 1.82) is 0 Å². The third-order valence-electron chi connectivity index (χ3n) is 2.72. The van der Waals surface area contributed by atoms with Crippen LogP contribution in [0.15, 0.2) is 29.2 Å².